The van der Waals surface area contributed by atoms with Gasteiger partial charge in [-0.15, -0.1) is 0 Å². The molecule has 0 radical (unpaired) electrons. The van der Waals surface area contributed by atoms with Crippen molar-refractivity contribution in [3.05, 3.63) is 72.1 Å². The molecule has 1 aromatic carbocycles. The molecule has 24 heavy (non-hydrogen) atoms. The fourth-order valence-electron chi connectivity index (χ4n) is 2.67. The fraction of sp³-hybridized carbons (Fsp3) is 0.105. The van der Waals surface area contributed by atoms with E-state index in [0.29, 0.717) is 0 Å². The van der Waals surface area contributed by atoms with Gasteiger partial charge in [-0.05, 0) is 48.6 Å². The Bertz CT molecular complexity index is 923. The van der Waals surface area contributed by atoms with Gasteiger partial charge in [0.05, 0.1) is 7.11 Å². The number of allylic oxidation sites excluding steroid dienone is 1. The van der Waals surface area contributed by atoms with Crippen molar-refractivity contribution in [2.75, 3.05) is 12.4 Å². The first-order valence-corrected chi connectivity index (χ1v) is 7.73. The number of fused-ring (bicyclic) bond motifs is 1. The zero-order valence-electron chi connectivity index (χ0n) is 13.2. The first-order valence-electron chi connectivity index (χ1n) is 7.73. The zero-order valence-corrected chi connectivity index (χ0v) is 13.2. The molecule has 2 aromatic heterocycles. The molecule has 2 N–H and O–H groups in total. The molecular weight excluding hydrogens is 302 g/mol. The SMILES string of the molecule is COc1ccc(NC2=CCC(=Cc3c[nH]c4ncccc34)O2)cc1. The zero-order chi connectivity index (χ0) is 16.4. The van der Waals surface area contributed by atoms with E-state index < -0.39 is 0 Å². The normalized spacial score (nSPS) is 15.4. The molecule has 120 valence electrons. The lowest BCUT2D eigenvalue weighted by atomic mass is 10.2. The standard InChI is InChI=1S/C19H17N3O2/c1-23-15-6-4-14(5-7-15)22-18-9-8-16(24-18)11-13-12-21-19-17(13)3-2-10-20-19/h2-7,9-12,22H,8H2,1H3,(H,20,21). The lowest BCUT2D eigenvalue weighted by molar-refractivity contribution is 0.333. The van der Waals surface area contributed by atoms with Crippen LogP contribution in [0.5, 0.6) is 5.75 Å². The summed E-state index contributed by atoms with van der Waals surface area (Å²) in [5, 5.41) is 4.35. The number of pyridine rings is 1. The Balaban J connectivity index is 1.47. The van der Waals surface area contributed by atoms with E-state index in [4.69, 9.17) is 9.47 Å². The highest BCUT2D eigenvalue weighted by molar-refractivity contribution is 5.86. The average Bonchev–Trinajstić information content (AvgIpc) is 3.23. The Morgan fingerprint density at radius 3 is 2.96 bits per heavy atom. The second kappa shape index (κ2) is 6.12. The van der Waals surface area contributed by atoms with Gasteiger partial charge in [-0.25, -0.2) is 4.98 Å². The van der Waals surface area contributed by atoms with Gasteiger partial charge < -0.3 is 19.8 Å². The number of nitrogens with one attached hydrogen (secondary N) is 2. The quantitative estimate of drug-likeness (QED) is 0.753. The molecule has 0 aliphatic carbocycles. The summed E-state index contributed by atoms with van der Waals surface area (Å²) in [5.74, 6) is 2.47. The van der Waals surface area contributed by atoms with E-state index in [1.165, 1.54) is 0 Å². The van der Waals surface area contributed by atoms with Crippen molar-refractivity contribution in [3.63, 3.8) is 0 Å². The molecule has 0 saturated heterocycles. The number of hydrogen-bond donors (Lipinski definition) is 2. The number of aromatic amines is 1. The van der Waals surface area contributed by atoms with E-state index in [-0.39, 0.29) is 0 Å². The highest BCUT2D eigenvalue weighted by Crippen LogP contribution is 2.27. The maximum absolute atomic E-state index is 5.89. The summed E-state index contributed by atoms with van der Waals surface area (Å²) < 4.78 is 11.0. The maximum atomic E-state index is 5.89. The van der Waals surface area contributed by atoms with Gasteiger partial charge >= 0.3 is 0 Å². The van der Waals surface area contributed by atoms with E-state index in [1.54, 1.807) is 13.3 Å². The summed E-state index contributed by atoms with van der Waals surface area (Å²) >= 11 is 0. The molecule has 0 saturated carbocycles. The summed E-state index contributed by atoms with van der Waals surface area (Å²) in [6.07, 6.45) is 8.55. The number of aromatic nitrogens is 2. The van der Waals surface area contributed by atoms with Gasteiger partial charge in [-0.2, -0.15) is 0 Å². The van der Waals surface area contributed by atoms with Gasteiger partial charge in [0, 0.05) is 35.5 Å². The van der Waals surface area contributed by atoms with Crippen molar-refractivity contribution in [3.8, 4) is 5.75 Å². The minimum atomic E-state index is 0.740. The van der Waals surface area contributed by atoms with Crippen molar-refractivity contribution < 1.29 is 9.47 Å². The van der Waals surface area contributed by atoms with Crippen LogP contribution in [0.4, 0.5) is 5.69 Å². The van der Waals surface area contributed by atoms with Gasteiger partial charge in [0.2, 0.25) is 0 Å². The average molecular weight is 319 g/mol. The van der Waals surface area contributed by atoms with Gasteiger partial charge in [0.25, 0.3) is 0 Å². The van der Waals surface area contributed by atoms with Crippen LogP contribution in [-0.4, -0.2) is 17.1 Å². The van der Waals surface area contributed by atoms with Crippen molar-refractivity contribution in [1.29, 1.82) is 0 Å². The van der Waals surface area contributed by atoms with Crippen molar-refractivity contribution in [2.24, 2.45) is 0 Å². The molecule has 1 aliphatic heterocycles. The lowest BCUT2D eigenvalue weighted by Gasteiger charge is -2.09. The number of H-pyrrole nitrogens is 1. The molecule has 0 amide bonds. The minimum Gasteiger partial charge on any atom is -0.497 e. The Morgan fingerprint density at radius 2 is 2.12 bits per heavy atom. The number of rotatable bonds is 4. The third-order valence-corrected chi connectivity index (χ3v) is 3.89. The molecule has 0 spiro atoms. The third-order valence-electron chi connectivity index (χ3n) is 3.89. The second-order valence-electron chi connectivity index (χ2n) is 5.48. The molecule has 5 heteroatoms. The largest absolute Gasteiger partial charge is 0.497 e. The van der Waals surface area contributed by atoms with E-state index in [9.17, 15) is 0 Å². The van der Waals surface area contributed by atoms with Crippen LogP contribution < -0.4 is 10.1 Å². The summed E-state index contributed by atoms with van der Waals surface area (Å²) in [6, 6.07) is 11.7. The highest BCUT2D eigenvalue weighted by Gasteiger charge is 2.13. The predicted octanol–water partition coefficient (Wildman–Crippen LogP) is 4.29. The van der Waals surface area contributed by atoms with Gasteiger partial charge in [0.1, 0.15) is 17.2 Å². The van der Waals surface area contributed by atoms with Crippen LogP contribution >= 0.6 is 0 Å². The molecule has 1 aliphatic rings. The third kappa shape index (κ3) is 2.84. The minimum absolute atomic E-state index is 0.740. The number of benzene rings is 1. The molecule has 3 heterocycles. The van der Waals surface area contributed by atoms with Gasteiger partial charge in [-0.1, -0.05) is 0 Å². The summed E-state index contributed by atoms with van der Waals surface area (Å²) in [6.45, 7) is 0. The molecule has 0 fully saturated rings. The van der Waals surface area contributed by atoms with Crippen molar-refractivity contribution in [1.82, 2.24) is 9.97 Å². The van der Waals surface area contributed by atoms with E-state index >= 15 is 0 Å². The molecule has 4 rings (SSSR count). The maximum Gasteiger partial charge on any atom is 0.193 e. The van der Waals surface area contributed by atoms with Crippen LogP contribution in [0.15, 0.2) is 66.5 Å². The Hall–Kier alpha value is -3.21. The molecule has 5 nitrogen and oxygen atoms in total. The van der Waals surface area contributed by atoms with Crippen LogP contribution in [0.25, 0.3) is 17.1 Å². The smallest absolute Gasteiger partial charge is 0.193 e. The number of nitrogens with zero attached hydrogens (tertiary/aromatic N) is 1. The van der Waals surface area contributed by atoms with Crippen LogP contribution in [0.2, 0.25) is 0 Å². The van der Waals surface area contributed by atoms with Crippen LogP contribution in [0, 0.1) is 0 Å². The lowest BCUT2D eigenvalue weighted by Crippen LogP contribution is -1.99. The van der Waals surface area contributed by atoms with Crippen LogP contribution in [-0.2, 0) is 4.74 Å². The second-order valence-corrected chi connectivity index (χ2v) is 5.48. The van der Waals surface area contributed by atoms with Crippen molar-refractivity contribution in [2.45, 2.75) is 6.42 Å². The molecular formula is C19H17N3O2. The van der Waals surface area contributed by atoms with Gasteiger partial charge in [0.15, 0.2) is 5.88 Å². The number of anilines is 1. The van der Waals surface area contributed by atoms with E-state index in [2.05, 4.69) is 15.3 Å². The highest BCUT2D eigenvalue weighted by atomic mass is 16.5. The topological polar surface area (TPSA) is 59.2 Å². The summed E-state index contributed by atoms with van der Waals surface area (Å²) in [5.41, 5.74) is 2.92. The molecule has 0 atom stereocenters. The number of methoxy groups -OCH3 is 1. The fourth-order valence-corrected chi connectivity index (χ4v) is 2.67. The Morgan fingerprint density at radius 1 is 1.25 bits per heavy atom. The summed E-state index contributed by atoms with van der Waals surface area (Å²) in [7, 11) is 1.66. The van der Waals surface area contributed by atoms with Crippen LogP contribution in [0.3, 0.4) is 0 Å². The van der Waals surface area contributed by atoms with E-state index in [1.807, 2.05) is 54.7 Å². The predicted molar refractivity (Wildman–Crippen MR) is 94.5 cm³/mol. The first kappa shape index (κ1) is 14.4. The number of ether oxygens (including phenoxy) is 2. The van der Waals surface area contributed by atoms with Crippen LogP contribution in [0.1, 0.15) is 12.0 Å². The molecule has 0 unspecified atom stereocenters. The number of hydrogen-bond acceptors (Lipinski definition) is 4. The van der Waals surface area contributed by atoms with Gasteiger partial charge in [-0.3, -0.25) is 0 Å². The van der Waals surface area contributed by atoms with E-state index in [0.717, 1.165) is 46.1 Å². The summed E-state index contributed by atoms with van der Waals surface area (Å²) in [4.78, 5) is 7.47. The first-order chi connectivity index (χ1) is 11.8. The monoisotopic (exact) mass is 319 g/mol. The van der Waals surface area contributed by atoms with Crippen molar-refractivity contribution >= 4 is 22.8 Å². The molecule has 0 bridgehead atoms. The Kier molecular flexibility index (Phi) is 3.67. The molecule has 3 aromatic rings. The Labute approximate surface area is 139 Å².